The molecule has 0 aliphatic heterocycles. The molecule has 0 radical (unpaired) electrons. The average molecular weight is 513 g/mol. The fourth-order valence-electron chi connectivity index (χ4n) is 4.88. The molecule has 0 aliphatic carbocycles. The summed E-state index contributed by atoms with van der Waals surface area (Å²) in [6, 6.07) is 43.9. The molecule has 39 heavy (non-hydrogen) atoms. The zero-order valence-corrected chi connectivity index (χ0v) is 23.4. The molecule has 0 amide bonds. The van der Waals surface area contributed by atoms with E-state index in [4.69, 9.17) is 9.47 Å². The van der Waals surface area contributed by atoms with Crippen molar-refractivity contribution in [3.05, 3.63) is 155 Å². The number of rotatable bonds is 8. The van der Waals surface area contributed by atoms with Crippen LogP contribution in [0.25, 0.3) is 0 Å². The van der Waals surface area contributed by atoms with Gasteiger partial charge in [0.25, 0.3) is 0 Å². The Kier molecular flexibility index (Phi) is 7.30. The van der Waals surface area contributed by atoms with E-state index in [0.717, 1.165) is 23.0 Å². The topological polar surface area (TPSA) is 18.5 Å². The molecule has 5 aromatic rings. The molecule has 0 bridgehead atoms. The van der Waals surface area contributed by atoms with Gasteiger partial charge in [0.2, 0.25) is 0 Å². The largest absolute Gasteiger partial charge is 0.457 e. The maximum absolute atomic E-state index is 6.03. The van der Waals surface area contributed by atoms with Crippen LogP contribution in [0.3, 0.4) is 0 Å². The van der Waals surface area contributed by atoms with Crippen molar-refractivity contribution in [2.45, 2.75) is 45.4 Å². The van der Waals surface area contributed by atoms with Gasteiger partial charge in [0.05, 0.1) is 0 Å². The van der Waals surface area contributed by atoms with Crippen LogP contribution in [-0.4, -0.2) is 0 Å². The van der Waals surface area contributed by atoms with Gasteiger partial charge in [0.15, 0.2) is 0 Å². The van der Waals surface area contributed by atoms with Gasteiger partial charge >= 0.3 is 0 Å². The zero-order valence-electron chi connectivity index (χ0n) is 23.4. The Bertz CT molecular complexity index is 1490. The molecule has 5 aromatic carbocycles. The molecule has 5 rings (SSSR count). The van der Waals surface area contributed by atoms with Crippen molar-refractivity contribution in [3.8, 4) is 23.0 Å². The van der Waals surface area contributed by atoms with E-state index in [1.54, 1.807) is 0 Å². The molecule has 0 spiro atoms. The van der Waals surface area contributed by atoms with Gasteiger partial charge in [0.1, 0.15) is 23.0 Å². The van der Waals surface area contributed by atoms with Gasteiger partial charge in [0, 0.05) is 10.8 Å². The number of benzene rings is 5. The molecular weight excluding hydrogens is 476 g/mol. The van der Waals surface area contributed by atoms with E-state index in [1.807, 2.05) is 54.6 Å². The van der Waals surface area contributed by atoms with E-state index in [2.05, 4.69) is 107 Å². The van der Waals surface area contributed by atoms with Crippen molar-refractivity contribution in [1.82, 2.24) is 0 Å². The van der Waals surface area contributed by atoms with Gasteiger partial charge in [-0.3, -0.25) is 0 Å². The minimum absolute atomic E-state index is 0.136. The van der Waals surface area contributed by atoms with Gasteiger partial charge in [-0.05, 0) is 77.7 Å². The van der Waals surface area contributed by atoms with Crippen LogP contribution in [0.1, 0.15) is 55.5 Å². The summed E-state index contributed by atoms with van der Waals surface area (Å²) in [6.45, 7) is 11.2. The van der Waals surface area contributed by atoms with Crippen LogP contribution in [0.4, 0.5) is 0 Å². The minimum Gasteiger partial charge on any atom is -0.457 e. The number of para-hydroxylation sites is 1. The Balaban J connectivity index is 1.29. The van der Waals surface area contributed by atoms with Crippen LogP contribution in [0.15, 0.2) is 127 Å². The van der Waals surface area contributed by atoms with Gasteiger partial charge in [-0.25, -0.2) is 0 Å². The van der Waals surface area contributed by atoms with Crippen molar-refractivity contribution in [3.63, 3.8) is 0 Å². The molecule has 0 atom stereocenters. The predicted molar refractivity (Wildman–Crippen MR) is 161 cm³/mol. The summed E-state index contributed by atoms with van der Waals surface area (Å²) in [6.07, 6.45) is 0. The SMILES string of the molecule is Cc1ccc(Oc2ccc(C(C)(C)c3ccc(C(C)(C)c4ccc(Oc5ccccc5)cc4)cc3)cc2)cc1. The first kappa shape index (κ1) is 26.3. The lowest BCUT2D eigenvalue weighted by molar-refractivity contribution is 0.481. The van der Waals surface area contributed by atoms with Crippen LogP contribution >= 0.6 is 0 Å². The Morgan fingerprint density at radius 3 is 1.00 bits per heavy atom. The van der Waals surface area contributed by atoms with Crippen molar-refractivity contribution < 1.29 is 9.47 Å². The van der Waals surface area contributed by atoms with Crippen molar-refractivity contribution >= 4 is 0 Å². The highest BCUT2D eigenvalue weighted by atomic mass is 16.5. The highest BCUT2D eigenvalue weighted by Gasteiger charge is 2.26. The Morgan fingerprint density at radius 1 is 0.359 bits per heavy atom. The molecule has 0 N–H and O–H groups in total. The molecule has 0 heterocycles. The second-order valence-corrected chi connectivity index (χ2v) is 11.2. The molecule has 2 heteroatoms. The van der Waals surface area contributed by atoms with E-state index >= 15 is 0 Å². The predicted octanol–water partition coefficient (Wildman–Crippen LogP) is 10.2. The Morgan fingerprint density at radius 2 is 0.641 bits per heavy atom. The number of ether oxygens (including phenoxy) is 2. The summed E-state index contributed by atoms with van der Waals surface area (Å²) in [4.78, 5) is 0. The monoisotopic (exact) mass is 512 g/mol. The standard InChI is InChI=1S/C37H36O2/c1-27-11-21-33(22-12-27)39-35-25-19-31(20-26-35)37(4,5)29-15-13-28(14-16-29)36(2,3)30-17-23-34(24-18-30)38-32-9-7-6-8-10-32/h6-26H,1-5H3. The van der Waals surface area contributed by atoms with E-state index in [9.17, 15) is 0 Å². The third-order valence-corrected chi connectivity index (χ3v) is 7.72. The molecule has 0 unspecified atom stereocenters. The van der Waals surface area contributed by atoms with Crippen LogP contribution in [0.2, 0.25) is 0 Å². The summed E-state index contributed by atoms with van der Waals surface area (Å²) in [5.74, 6) is 3.38. The van der Waals surface area contributed by atoms with Crippen molar-refractivity contribution in [1.29, 1.82) is 0 Å². The van der Waals surface area contributed by atoms with E-state index < -0.39 is 0 Å². The van der Waals surface area contributed by atoms with Gasteiger partial charge < -0.3 is 9.47 Å². The summed E-state index contributed by atoms with van der Waals surface area (Å²) in [5.41, 5.74) is 6.00. The number of hydrogen-bond donors (Lipinski definition) is 0. The first-order chi connectivity index (χ1) is 18.7. The Hall–Kier alpha value is -4.30. The normalized spacial score (nSPS) is 11.7. The van der Waals surface area contributed by atoms with Crippen LogP contribution in [-0.2, 0) is 10.8 Å². The van der Waals surface area contributed by atoms with Crippen LogP contribution < -0.4 is 9.47 Å². The molecule has 196 valence electrons. The summed E-state index contributed by atoms with van der Waals surface area (Å²) >= 11 is 0. The first-order valence-corrected chi connectivity index (χ1v) is 13.5. The van der Waals surface area contributed by atoms with E-state index in [-0.39, 0.29) is 10.8 Å². The molecule has 2 nitrogen and oxygen atoms in total. The second-order valence-electron chi connectivity index (χ2n) is 11.2. The zero-order chi connectivity index (χ0) is 27.5. The maximum atomic E-state index is 6.03. The summed E-state index contributed by atoms with van der Waals surface area (Å²) < 4.78 is 12.0. The quantitative estimate of drug-likeness (QED) is 0.206. The summed E-state index contributed by atoms with van der Waals surface area (Å²) in [5, 5.41) is 0. The van der Waals surface area contributed by atoms with E-state index in [1.165, 1.54) is 27.8 Å². The lowest BCUT2D eigenvalue weighted by atomic mass is 9.74. The minimum atomic E-state index is -0.137. The molecule has 0 saturated heterocycles. The van der Waals surface area contributed by atoms with Gasteiger partial charge in [-0.15, -0.1) is 0 Å². The molecule has 0 saturated carbocycles. The number of hydrogen-bond acceptors (Lipinski definition) is 2. The van der Waals surface area contributed by atoms with Crippen molar-refractivity contribution in [2.75, 3.05) is 0 Å². The lowest BCUT2D eigenvalue weighted by Gasteiger charge is -2.29. The average Bonchev–Trinajstić information content (AvgIpc) is 2.95. The molecule has 0 aliphatic rings. The molecular formula is C37H36O2. The fraction of sp³-hybridized carbons (Fsp3) is 0.189. The molecule has 0 fully saturated rings. The third kappa shape index (κ3) is 5.91. The highest BCUT2D eigenvalue weighted by Crippen LogP contribution is 2.37. The number of aryl methyl sites for hydroxylation is 1. The maximum Gasteiger partial charge on any atom is 0.127 e. The highest BCUT2D eigenvalue weighted by molar-refractivity contribution is 5.46. The van der Waals surface area contributed by atoms with Crippen molar-refractivity contribution in [2.24, 2.45) is 0 Å². The van der Waals surface area contributed by atoms with Gasteiger partial charge in [-0.1, -0.05) is 112 Å². The fourth-order valence-corrected chi connectivity index (χ4v) is 4.88. The lowest BCUT2D eigenvalue weighted by Crippen LogP contribution is -2.21. The van der Waals surface area contributed by atoms with Gasteiger partial charge in [-0.2, -0.15) is 0 Å². The smallest absolute Gasteiger partial charge is 0.127 e. The molecule has 0 aromatic heterocycles. The van der Waals surface area contributed by atoms with Crippen LogP contribution in [0.5, 0.6) is 23.0 Å². The van der Waals surface area contributed by atoms with E-state index in [0.29, 0.717) is 0 Å². The van der Waals surface area contributed by atoms with Crippen LogP contribution in [0, 0.1) is 6.92 Å². The third-order valence-electron chi connectivity index (χ3n) is 7.72. The summed E-state index contributed by atoms with van der Waals surface area (Å²) in [7, 11) is 0. The second kappa shape index (κ2) is 10.8. The Labute approximate surface area is 232 Å². The first-order valence-electron chi connectivity index (χ1n) is 13.5.